The molecule has 0 radical (unpaired) electrons. The molecule has 1 aliphatic heterocycles. The number of nitrogens with zero attached hydrogens (tertiary/aromatic N) is 1. The molecule has 1 aromatic rings. The van der Waals surface area contributed by atoms with Crippen LogP contribution in [0.3, 0.4) is 0 Å². The number of carboxylic acids is 1. The zero-order valence-corrected chi connectivity index (χ0v) is 14.5. The second-order valence-electron chi connectivity index (χ2n) is 6.79. The summed E-state index contributed by atoms with van der Waals surface area (Å²) < 4.78 is 0. The first-order valence-corrected chi connectivity index (χ1v) is 9.01. The summed E-state index contributed by atoms with van der Waals surface area (Å²) in [5.74, 6) is -1.89. The number of fused-ring (bicyclic) bond motifs is 1. The Hall–Kier alpha value is -2.70. The molecule has 0 aromatic heterocycles. The van der Waals surface area contributed by atoms with Gasteiger partial charge < -0.3 is 10.4 Å². The number of benzene rings is 1. The van der Waals surface area contributed by atoms with Crippen molar-refractivity contribution in [1.82, 2.24) is 10.2 Å². The number of hydrogen-bond acceptors (Lipinski definition) is 4. The normalized spacial score (nSPS) is 17.3. The Morgan fingerprint density at radius 2 is 1.77 bits per heavy atom. The van der Waals surface area contributed by atoms with Crippen LogP contribution in [0.15, 0.2) is 18.2 Å². The summed E-state index contributed by atoms with van der Waals surface area (Å²) in [5, 5.41) is 11.2. The van der Waals surface area contributed by atoms with E-state index in [0.717, 1.165) is 32.1 Å². The Labute approximate surface area is 151 Å². The van der Waals surface area contributed by atoms with E-state index in [1.165, 1.54) is 23.1 Å². The maximum Gasteiger partial charge on any atom is 0.303 e. The van der Waals surface area contributed by atoms with Crippen LogP contribution in [0, 0.1) is 0 Å². The molecule has 138 valence electrons. The molecule has 1 heterocycles. The van der Waals surface area contributed by atoms with Crippen LogP contribution in [-0.4, -0.2) is 46.3 Å². The number of nitrogens with one attached hydrogen (secondary N) is 1. The van der Waals surface area contributed by atoms with Gasteiger partial charge in [0.1, 0.15) is 0 Å². The molecule has 0 spiro atoms. The fourth-order valence-corrected chi connectivity index (χ4v) is 3.62. The highest BCUT2D eigenvalue weighted by Gasteiger charge is 2.40. The summed E-state index contributed by atoms with van der Waals surface area (Å²) in [6.45, 7) is 0.239. The van der Waals surface area contributed by atoms with E-state index in [1.54, 1.807) is 0 Å². The van der Waals surface area contributed by atoms with Crippen molar-refractivity contribution in [3.8, 4) is 0 Å². The molecule has 0 bridgehead atoms. The van der Waals surface area contributed by atoms with Gasteiger partial charge in [-0.2, -0.15) is 0 Å². The molecule has 2 aliphatic rings. The van der Waals surface area contributed by atoms with E-state index < -0.39 is 5.97 Å². The Bertz CT molecular complexity index is 752. The van der Waals surface area contributed by atoms with Crippen molar-refractivity contribution >= 4 is 23.7 Å². The standard InChI is InChI=1S/C19H22N2O5/c22-16(23)7-4-10-20-17(24)12-8-9-14-15(11-12)19(26)21(18(14)25)13-5-2-1-3-6-13/h8-9,11,13H,1-7,10H2,(H,20,24)(H,22,23). The van der Waals surface area contributed by atoms with E-state index >= 15 is 0 Å². The monoisotopic (exact) mass is 358 g/mol. The van der Waals surface area contributed by atoms with Gasteiger partial charge in [-0.05, 0) is 37.5 Å². The zero-order chi connectivity index (χ0) is 18.7. The largest absolute Gasteiger partial charge is 0.481 e. The lowest BCUT2D eigenvalue weighted by Gasteiger charge is -2.29. The van der Waals surface area contributed by atoms with Gasteiger partial charge in [0.25, 0.3) is 17.7 Å². The van der Waals surface area contributed by atoms with Crippen molar-refractivity contribution in [2.24, 2.45) is 0 Å². The molecule has 0 saturated heterocycles. The zero-order valence-electron chi connectivity index (χ0n) is 14.5. The first-order chi connectivity index (χ1) is 12.5. The van der Waals surface area contributed by atoms with Crippen LogP contribution in [0.5, 0.6) is 0 Å². The third-order valence-electron chi connectivity index (χ3n) is 4.97. The molecule has 0 unspecified atom stereocenters. The minimum absolute atomic E-state index is 0.0200. The summed E-state index contributed by atoms with van der Waals surface area (Å²) in [4.78, 5) is 49.4. The van der Waals surface area contributed by atoms with E-state index in [9.17, 15) is 19.2 Å². The van der Waals surface area contributed by atoms with Crippen LogP contribution < -0.4 is 5.32 Å². The maximum atomic E-state index is 12.7. The molecule has 1 aliphatic carbocycles. The molecule has 1 fully saturated rings. The molecule has 0 atom stereocenters. The average Bonchev–Trinajstić information content (AvgIpc) is 2.89. The number of rotatable bonds is 6. The van der Waals surface area contributed by atoms with Crippen LogP contribution in [-0.2, 0) is 4.79 Å². The van der Waals surface area contributed by atoms with Gasteiger partial charge in [0, 0.05) is 24.6 Å². The van der Waals surface area contributed by atoms with Crippen molar-refractivity contribution in [2.45, 2.75) is 51.0 Å². The molecule has 2 N–H and O–H groups in total. The Kier molecular flexibility index (Phi) is 5.35. The minimum atomic E-state index is -0.913. The van der Waals surface area contributed by atoms with Crippen molar-refractivity contribution in [2.75, 3.05) is 6.54 Å². The summed E-state index contributed by atoms with van der Waals surface area (Å²) in [6.07, 6.45) is 5.15. The number of carbonyl (C=O) groups excluding carboxylic acids is 3. The summed E-state index contributed by atoms with van der Waals surface area (Å²) in [5.41, 5.74) is 0.924. The van der Waals surface area contributed by atoms with Crippen molar-refractivity contribution in [1.29, 1.82) is 0 Å². The first kappa shape index (κ1) is 18.1. The number of imide groups is 1. The van der Waals surface area contributed by atoms with Gasteiger partial charge in [0.05, 0.1) is 11.1 Å². The number of carboxylic acid groups (broad SMARTS) is 1. The molecule has 1 saturated carbocycles. The highest BCUT2D eigenvalue weighted by Crippen LogP contribution is 2.31. The third kappa shape index (κ3) is 3.61. The number of carbonyl (C=O) groups is 4. The first-order valence-electron chi connectivity index (χ1n) is 9.01. The van der Waals surface area contributed by atoms with Gasteiger partial charge in [-0.15, -0.1) is 0 Å². The fourth-order valence-electron chi connectivity index (χ4n) is 3.62. The molecule has 7 nitrogen and oxygen atoms in total. The van der Waals surface area contributed by atoms with E-state index in [2.05, 4.69) is 5.32 Å². The van der Waals surface area contributed by atoms with Crippen LogP contribution in [0.25, 0.3) is 0 Å². The molecule has 3 rings (SSSR count). The number of amides is 3. The number of hydrogen-bond donors (Lipinski definition) is 2. The highest BCUT2D eigenvalue weighted by atomic mass is 16.4. The van der Waals surface area contributed by atoms with E-state index in [4.69, 9.17) is 5.11 Å². The maximum absolute atomic E-state index is 12.7. The van der Waals surface area contributed by atoms with Crippen molar-refractivity contribution in [3.63, 3.8) is 0 Å². The van der Waals surface area contributed by atoms with E-state index in [1.807, 2.05) is 0 Å². The van der Waals surface area contributed by atoms with Crippen molar-refractivity contribution < 1.29 is 24.3 Å². The van der Waals surface area contributed by atoms with E-state index in [0.29, 0.717) is 17.5 Å². The van der Waals surface area contributed by atoms with Gasteiger partial charge in [-0.25, -0.2) is 0 Å². The third-order valence-corrected chi connectivity index (χ3v) is 4.97. The molecular formula is C19H22N2O5. The summed E-state index contributed by atoms with van der Waals surface area (Å²) in [6, 6.07) is 4.47. The molecule has 26 heavy (non-hydrogen) atoms. The quantitative estimate of drug-likeness (QED) is 0.599. The smallest absolute Gasteiger partial charge is 0.303 e. The number of aliphatic carboxylic acids is 1. The Morgan fingerprint density at radius 3 is 2.46 bits per heavy atom. The van der Waals surface area contributed by atoms with Crippen LogP contribution >= 0.6 is 0 Å². The summed E-state index contributed by atoms with van der Waals surface area (Å²) >= 11 is 0. The van der Waals surface area contributed by atoms with Crippen LogP contribution in [0.1, 0.15) is 76.0 Å². The lowest BCUT2D eigenvalue weighted by atomic mass is 9.94. The lowest BCUT2D eigenvalue weighted by molar-refractivity contribution is -0.137. The van der Waals surface area contributed by atoms with Crippen LogP contribution in [0.2, 0.25) is 0 Å². The predicted molar refractivity (Wildman–Crippen MR) is 93.0 cm³/mol. The minimum Gasteiger partial charge on any atom is -0.481 e. The van der Waals surface area contributed by atoms with Gasteiger partial charge in [0.15, 0.2) is 0 Å². The SMILES string of the molecule is O=C(O)CCCNC(=O)c1ccc2c(c1)C(=O)N(C1CCCCC1)C2=O. The molecule has 3 amide bonds. The topological polar surface area (TPSA) is 104 Å². The summed E-state index contributed by atoms with van der Waals surface area (Å²) in [7, 11) is 0. The second-order valence-corrected chi connectivity index (χ2v) is 6.79. The molecule has 7 heteroatoms. The Balaban J connectivity index is 1.70. The van der Waals surface area contributed by atoms with Gasteiger partial charge >= 0.3 is 5.97 Å². The predicted octanol–water partition coefficient (Wildman–Crippen LogP) is 2.21. The van der Waals surface area contributed by atoms with Gasteiger partial charge in [-0.3, -0.25) is 24.1 Å². The van der Waals surface area contributed by atoms with Crippen molar-refractivity contribution in [3.05, 3.63) is 34.9 Å². The Morgan fingerprint density at radius 1 is 1.08 bits per heavy atom. The van der Waals surface area contributed by atoms with Gasteiger partial charge in [-0.1, -0.05) is 19.3 Å². The molecular weight excluding hydrogens is 336 g/mol. The second kappa shape index (κ2) is 7.68. The highest BCUT2D eigenvalue weighted by molar-refractivity contribution is 6.22. The molecule has 1 aromatic carbocycles. The van der Waals surface area contributed by atoms with Crippen LogP contribution in [0.4, 0.5) is 0 Å². The lowest BCUT2D eigenvalue weighted by Crippen LogP contribution is -2.40. The average molecular weight is 358 g/mol. The van der Waals surface area contributed by atoms with E-state index in [-0.39, 0.29) is 42.3 Å². The van der Waals surface area contributed by atoms with Gasteiger partial charge in [0.2, 0.25) is 0 Å². The fraction of sp³-hybridized carbons (Fsp3) is 0.474.